The van der Waals surface area contributed by atoms with Gasteiger partial charge < -0.3 is 4.90 Å². The topological polar surface area (TPSA) is 41.4 Å². The number of amides is 1. The Labute approximate surface area is 157 Å². The van der Waals surface area contributed by atoms with E-state index in [4.69, 9.17) is 0 Å². The molecule has 0 bridgehead atoms. The lowest BCUT2D eigenvalue weighted by atomic mass is 10.1. The highest BCUT2D eigenvalue weighted by Gasteiger charge is 2.26. The summed E-state index contributed by atoms with van der Waals surface area (Å²) in [4.78, 5) is 17.1. The summed E-state index contributed by atoms with van der Waals surface area (Å²) in [5, 5.41) is 4.42. The van der Waals surface area contributed by atoms with Gasteiger partial charge in [0.15, 0.2) is 0 Å². The van der Waals surface area contributed by atoms with Gasteiger partial charge in [-0.2, -0.15) is 5.10 Å². The van der Waals surface area contributed by atoms with E-state index in [2.05, 4.69) is 57.1 Å². The van der Waals surface area contributed by atoms with Crippen molar-refractivity contribution in [3.05, 3.63) is 51.8 Å². The predicted octanol–water partition coefficient (Wildman–Crippen LogP) is 3.17. The van der Waals surface area contributed by atoms with Crippen molar-refractivity contribution >= 4 is 21.8 Å². The Morgan fingerprint density at radius 2 is 1.96 bits per heavy atom. The predicted molar refractivity (Wildman–Crippen MR) is 102 cm³/mol. The maximum atomic E-state index is 12.8. The van der Waals surface area contributed by atoms with E-state index in [1.807, 2.05) is 24.9 Å². The van der Waals surface area contributed by atoms with Crippen LogP contribution in [0.4, 0.5) is 0 Å². The molecule has 3 rings (SSSR count). The second kappa shape index (κ2) is 7.70. The van der Waals surface area contributed by atoms with Gasteiger partial charge in [-0.3, -0.25) is 14.4 Å². The number of carbonyl (C=O) groups excluding carboxylic acids is 1. The average Bonchev–Trinajstić information content (AvgIpc) is 2.93. The molecule has 5 nitrogen and oxygen atoms in total. The molecule has 2 aromatic rings. The summed E-state index contributed by atoms with van der Waals surface area (Å²) in [5.41, 5.74) is 3.54. The molecule has 1 aliphatic rings. The lowest BCUT2D eigenvalue weighted by Gasteiger charge is -2.36. The second-order valence-corrected chi connectivity index (χ2v) is 7.66. The SMILES string of the molecule is Cc1cccc(CN2CCN(C(=O)C(C)n3cc(Br)c(C)n3)CC2)c1. The Balaban J connectivity index is 1.55. The van der Waals surface area contributed by atoms with Gasteiger partial charge in [0.05, 0.1) is 10.2 Å². The average molecular weight is 405 g/mol. The number of nitrogens with zero attached hydrogens (tertiary/aromatic N) is 4. The summed E-state index contributed by atoms with van der Waals surface area (Å²) in [6, 6.07) is 8.36. The smallest absolute Gasteiger partial charge is 0.247 e. The van der Waals surface area contributed by atoms with Crippen molar-refractivity contribution in [3.63, 3.8) is 0 Å². The van der Waals surface area contributed by atoms with Gasteiger partial charge in [-0.05, 0) is 42.3 Å². The van der Waals surface area contributed by atoms with Crippen LogP contribution in [-0.4, -0.2) is 51.7 Å². The highest BCUT2D eigenvalue weighted by molar-refractivity contribution is 9.10. The number of halogens is 1. The standard InChI is InChI=1S/C19H25BrN4O/c1-14-5-4-6-17(11-14)12-22-7-9-23(10-8-22)19(25)16(3)24-13-18(20)15(2)21-24/h4-6,11,13,16H,7-10,12H2,1-3H3. The van der Waals surface area contributed by atoms with Crippen LogP contribution >= 0.6 is 15.9 Å². The highest BCUT2D eigenvalue weighted by atomic mass is 79.9. The summed E-state index contributed by atoms with van der Waals surface area (Å²) < 4.78 is 2.69. The molecular formula is C19H25BrN4O. The Morgan fingerprint density at radius 3 is 2.56 bits per heavy atom. The molecule has 0 N–H and O–H groups in total. The van der Waals surface area contributed by atoms with Crippen LogP contribution in [0, 0.1) is 13.8 Å². The molecule has 1 amide bonds. The van der Waals surface area contributed by atoms with Gasteiger partial charge in [0, 0.05) is 38.9 Å². The zero-order chi connectivity index (χ0) is 18.0. The number of rotatable bonds is 4. The molecule has 6 heteroatoms. The molecule has 0 spiro atoms. The normalized spacial score (nSPS) is 16.9. The van der Waals surface area contributed by atoms with Gasteiger partial charge in [0.25, 0.3) is 0 Å². The fourth-order valence-electron chi connectivity index (χ4n) is 3.23. The van der Waals surface area contributed by atoms with Crippen molar-refractivity contribution in [2.45, 2.75) is 33.4 Å². The van der Waals surface area contributed by atoms with Gasteiger partial charge in [-0.1, -0.05) is 29.8 Å². The van der Waals surface area contributed by atoms with Crippen LogP contribution < -0.4 is 0 Å². The van der Waals surface area contributed by atoms with Crippen LogP contribution in [-0.2, 0) is 11.3 Å². The fourth-order valence-corrected chi connectivity index (χ4v) is 3.52. The first-order valence-corrected chi connectivity index (χ1v) is 9.51. The minimum atomic E-state index is -0.270. The first-order valence-electron chi connectivity index (χ1n) is 8.72. The molecule has 1 atom stereocenters. The van der Waals surface area contributed by atoms with Crippen LogP contribution in [0.15, 0.2) is 34.9 Å². The number of aromatic nitrogens is 2. The highest BCUT2D eigenvalue weighted by Crippen LogP contribution is 2.19. The number of carbonyl (C=O) groups is 1. The molecular weight excluding hydrogens is 380 g/mol. The van der Waals surface area contributed by atoms with E-state index in [1.54, 1.807) is 4.68 Å². The van der Waals surface area contributed by atoms with Crippen LogP contribution in [0.2, 0.25) is 0 Å². The Bertz CT molecular complexity index is 730. The third-order valence-corrected chi connectivity index (χ3v) is 5.56. The van der Waals surface area contributed by atoms with Gasteiger partial charge >= 0.3 is 0 Å². The zero-order valence-electron chi connectivity index (χ0n) is 15.1. The monoisotopic (exact) mass is 404 g/mol. The largest absolute Gasteiger partial charge is 0.338 e. The first-order chi connectivity index (χ1) is 11.9. The second-order valence-electron chi connectivity index (χ2n) is 6.81. The van der Waals surface area contributed by atoms with E-state index >= 15 is 0 Å². The first kappa shape index (κ1) is 18.1. The zero-order valence-corrected chi connectivity index (χ0v) is 16.7. The Kier molecular flexibility index (Phi) is 5.59. The van der Waals surface area contributed by atoms with Crippen molar-refractivity contribution in [1.82, 2.24) is 19.6 Å². The van der Waals surface area contributed by atoms with E-state index in [1.165, 1.54) is 11.1 Å². The van der Waals surface area contributed by atoms with Crippen molar-refractivity contribution in [2.75, 3.05) is 26.2 Å². The number of benzene rings is 1. The lowest BCUT2D eigenvalue weighted by molar-refractivity contribution is -0.136. The van der Waals surface area contributed by atoms with Gasteiger partial charge in [0.1, 0.15) is 6.04 Å². The number of hydrogen-bond acceptors (Lipinski definition) is 3. The molecule has 134 valence electrons. The minimum absolute atomic E-state index is 0.144. The molecule has 1 aromatic carbocycles. The van der Waals surface area contributed by atoms with Gasteiger partial charge in [-0.15, -0.1) is 0 Å². The van der Waals surface area contributed by atoms with Crippen LogP contribution in [0.1, 0.15) is 29.8 Å². The van der Waals surface area contributed by atoms with Crippen LogP contribution in [0.25, 0.3) is 0 Å². The molecule has 0 radical (unpaired) electrons. The quantitative estimate of drug-likeness (QED) is 0.785. The van der Waals surface area contributed by atoms with Crippen molar-refractivity contribution in [3.8, 4) is 0 Å². The molecule has 1 fully saturated rings. The van der Waals surface area contributed by atoms with E-state index in [0.717, 1.165) is 42.9 Å². The molecule has 2 heterocycles. The molecule has 1 saturated heterocycles. The summed E-state index contributed by atoms with van der Waals surface area (Å²) in [7, 11) is 0. The Hall–Kier alpha value is -1.66. The fraction of sp³-hybridized carbons (Fsp3) is 0.474. The lowest BCUT2D eigenvalue weighted by Crippen LogP contribution is -2.49. The van der Waals surface area contributed by atoms with Crippen molar-refractivity contribution in [2.24, 2.45) is 0 Å². The number of aryl methyl sites for hydroxylation is 2. The van der Waals surface area contributed by atoms with E-state index in [0.29, 0.717) is 0 Å². The van der Waals surface area contributed by atoms with Crippen LogP contribution in [0.5, 0.6) is 0 Å². The molecule has 1 aliphatic heterocycles. The minimum Gasteiger partial charge on any atom is -0.338 e. The molecule has 25 heavy (non-hydrogen) atoms. The number of piperazine rings is 1. The third kappa shape index (κ3) is 4.30. The van der Waals surface area contributed by atoms with E-state index in [9.17, 15) is 4.79 Å². The molecule has 0 saturated carbocycles. The summed E-state index contributed by atoms with van der Waals surface area (Å²) in [5.74, 6) is 0.144. The molecule has 1 aromatic heterocycles. The Morgan fingerprint density at radius 1 is 1.24 bits per heavy atom. The van der Waals surface area contributed by atoms with E-state index in [-0.39, 0.29) is 11.9 Å². The maximum Gasteiger partial charge on any atom is 0.247 e. The third-order valence-electron chi connectivity index (χ3n) is 4.78. The van der Waals surface area contributed by atoms with Gasteiger partial charge in [0.2, 0.25) is 5.91 Å². The van der Waals surface area contributed by atoms with Crippen molar-refractivity contribution in [1.29, 1.82) is 0 Å². The summed E-state index contributed by atoms with van der Waals surface area (Å²) >= 11 is 3.46. The van der Waals surface area contributed by atoms with Gasteiger partial charge in [-0.25, -0.2) is 0 Å². The van der Waals surface area contributed by atoms with Crippen LogP contribution in [0.3, 0.4) is 0 Å². The summed E-state index contributed by atoms with van der Waals surface area (Å²) in [6.07, 6.45) is 1.88. The molecule has 0 aliphatic carbocycles. The van der Waals surface area contributed by atoms with Crippen molar-refractivity contribution < 1.29 is 4.79 Å². The maximum absolute atomic E-state index is 12.8. The number of hydrogen-bond donors (Lipinski definition) is 0. The molecule has 1 unspecified atom stereocenters. The summed E-state index contributed by atoms with van der Waals surface area (Å²) in [6.45, 7) is 10.3. The van der Waals surface area contributed by atoms with E-state index < -0.39 is 0 Å².